The highest BCUT2D eigenvalue weighted by molar-refractivity contribution is 7.80. The molecule has 0 saturated heterocycles. The molecule has 1 aliphatic rings. The van der Waals surface area contributed by atoms with Gasteiger partial charge in [-0.15, -0.1) is 0 Å². The summed E-state index contributed by atoms with van der Waals surface area (Å²) in [6.07, 6.45) is 0. The van der Waals surface area contributed by atoms with Gasteiger partial charge in [0.25, 0.3) is 5.91 Å². The minimum absolute atomic E-state index is 0.228. The van der Waals surface area contributed by atoms with Gasteiger partial charge in [0.2, 0.25) is 0 Å². The van der Waals surface area contributed by atoms with Crippen LogP contribution in [-0.4, -0.2) is 11.0 Å². The third kappa shape index (κ3) is 4.26. The first-order valence-electron chi connectivity index (χ1n) is 8.38. The zero-order chi connectivity index (χ0) is 19.7. The van der Waals surface area contributed by atoms with E-state index in [-0.39, 0.29) is 5.91 Å². The molecule has 0 aromatic heterocycles. The lowest BCUT2D eigenvalue weighted by molar-refractivity contribution is -0.113. The van der Waals surface area contributed by atoms with E-state index in [9.17, 15) is 4.79 Å². The molecular weight excluding hydrogens is 401 g/mol. The minimum atomic E-state index is -0.477. The summed E-state index contributed by atoms with van der Waals surface area (Å²) in [7, 11) is 0. The third-order valence-corrected chi connectivity index (χ3v) is 5.33. The molecule has 0 spiro atoms. The molecule has 7 heteroatoms. The van der Waals surface area contributed by atoms with Crippen LogP contribution in [0, 0.1) is 13.8 Å². The predicted octanol–water partition coefficient (Wildman–Crippen LogP) is 5.04. The Kier molecular flexibility index (Phi) is 5.75. The van der Waals surface area contributed by atoms with Gasteiger partial charge < -0.3 is 16.0 Å². The summed E-state index contributed by atoms with van der Waals surface area (Å²) in [4.78, 5) is 13.1. The van der Waals surface area contributed by atoms with Crippen LogP contribution in [0.15, 0.2) is 47.7 Å². The number of allylic oxidation sites excluding steroid dienone is 1. The Bertz CT molecular complexity index is 972. The highest BCUT2D eigenvalue weighted by Gasteiger charge is 2.31. The normalized spacial score (nSPS) is 16.6. The lowest BCUT2D eigenvalue weighted by Gasteiger charge is -2.31. The molecule has 0 radical (unpaired) electrons. The average Bonchev–Trinajstić information content (AvgIpc) is 2.57. The molecule has 2 aromatic carbocycles. The van der Waals surface area contributed by atoms with Crippen LogP contribution < -0.4 is 16.0 Å². The number of hydrogen-bond donors (Lipinski definition) is 3. The van der Waals surface area contributed by atoms with Gasteiger partial charge in [0, 0.05) is 21.4 Å². The Hall–Kier alpha value is -2.08. The molecule has 0 saturated carbocycles. The van der Waals surface area contributed by atoms with E-state index in [1.165, 1.54) is 5.56 Å². The second-order valence-corrected chi connectivity index (χ2v) is 7.74. The maximum atomic E-state index is 13.1. The molecule has 0 fully saturated rings. The summed E-state index contributed by atoms with van der Waals surface area (Å²) in [6, 6.07) is 10.5. The van der Waals surface area contributed by atoms with Crippen LogP contribution >= 0.6 is 35.4 Å². The van der Waals surface area contributed by atoms with Crippen molar-refractivity contribution in [3.05, 3.63) is 74.4 Å². The lowest BCUT2D eigenvalue weighted by atomic mass is 9.94. The number of rotatable bonds is 3. The van der Waals surface area contributed by atoms with E-state index >= 15 is 0 Å². The fourth-order valence-electron chi connectivity index (χ4n) is 2.98. The summed E-state index contributed by atoms with van der Waals surface area (Å²) in [5.41, 5.74) is 4.94. The minimum Gasteiger partial charge on any atom is -0.351 e. The van der Waals surface area contributed by atoms with E-state index < -0.39 is 6.04 Å². The van der Waals surface area contributed by atoms with Gasteiger partial charge in [0.1, 0.15) is 0 Å². The van der Waals surface area contributed by atoms with Crippen LogP contribution in [-0.2, 0) is 4.79 Å². The summed E-state index contributed by atoms with van der Waals surface area (Å²) in [6.45, 7) is 5.86. The standard InChI is InChI=1S/C20H19Cl2N3OS/c1-10-4-6-14(8-11(10)2)24-19(26)17-12(3)23-20(27)25-18(17)15-7-5-13(21)9-16(15)22/h4-9,18H,1-3H3,(H,24,26)(H2,23,25,27)/t18-/m1/s1. The van der Waals surface area contributed by atoms with Crippen molar-refractivity contribution < 1.29 is 4.79 Å². The van der Waals surface area contributed by atoms with Gasteiger partial charge in [-0.05, 0) is 73.9 Å². The van der Waals surface area contributed by atoms with Crippen molar-refractivity contribution >= 4 is 52.1 Å². The van der Waals surface area contributed by atoms with Gasteiger partial charge in [0.05, 0.1) is 11.6 Å². The fourth-order valence-corrected chi connectivity index (χ4v) is 3.77. The fraction of sp³-hybridized carbons (Fsp3) is 0.200. The van der Waals surface area contributed by atoms with Gasteiger partial charge >= 0.3 is 0 Å². The number of anilines is 1. The Balaban J connectivity index is 1.98. The number of carbonyl (C=O) groups is 1. The SMILES string of the molecule is CC1=C(C(=O)Nc2ccc(C)c(C)c2)[C@@H](c2ccc(Cl)cc2Cl)NC(=S)N1. The smallest absolute Gasteiger partial charge is 0.255 e. The van der Waals surface area contributed by atoms with Gasteiger partial charge in [-0.2, -0.15) is 0 Å². The molecule has 0 aliphatic carbocycles. The molecule has 1 atom stereocenters. The first-order chi connectivity index (χ1) is 12.8. The Morgan fingerprint density at radius 2 is 1.81 bits per heavy atom. The van der Waals surface area contributed by atoms with Crippen molar-refractivity contribution in [2.45, 2.75) is 26.8 Å². The average molecular weight is 420 g/mol. The van der Waals surface area contributed by atoms with Crippen LogP contribution in [0.2, 0.25) is 10.0 Å². The molecule has 0 unspecified atom stereocenters. The highest BCUT2D eigenvalue weighted by atomic mass is 35.5. The molecule has 140 valence electrons. The van der Waals surface area contributed by atoms with Crippen LogP contribution in [0.1, 0.15) is 29.7 Å². The summed E-state index contributed by atoms with van der Waals surface area (Å²) < 4.78 is 0. The van der Waals surface area contributed by atoms with Gasteiger partial charge in [0.15, 0.2) is 5.11 Å². The van der Waals surface area contributed by atoms with Crippen molar-refractivity contribution in [2.75, 3.05) is 5.32 Å². The number of hydrogen-bond acceptors (Lipinski definition) is 2. The first-order valence-corrected chi connectivity index (χ1v) is 9.54. The summed E-state index contributed by atoms with van der Waals surface area (Å²) >= 11 is 17.7. The van der Waals surface area contributed by atoms with Crippen molar-refractivity contribution in [1.29, 1.82) is 0 Å². The maximum absolute atomic E-state index is 13.1. The Morgan fingerprint density at radius 1 is 1.07 bits per heavy atom. The first kappa shape index (κ1) is 19.7. The number of carbonyl (C=O) groups excluding carboxylic acids is 1. The topological polar surface area (TPSA) is 53.2 Å². The molecule has 2 aromatic rings. The summed E-state index contributed by atoms with van der Waals surface area (Å²) in [5.74, 6) is -0.228. The molecular formula is C20H19Cl2N3OS. The molecule has 4 nitrogen and oxygen atoms in total. The maximum Gasteiger partial charge on any atom is 0.255 e. The number of aryl methyl sites for hydroxylation is 2. The molecule has 0 bridgehead atoms. The van der Waals surface area contributed by atoms with E-state index in [2.05, 4.69) is 16.0 Å². The van der Waals surface area contributed by atoms with Crippen LogP contribution in [0.5, 0.6) is 0 Å². The third-order valence-electron chi connectivity index (χ3n) is 4.55. The van der Waals surface area contributed by atoms with Gasteiger partial charge in [-0.3, -0.25) is 4.79 Å². The molecule has 3 N–H and O–H groups in total. The Morgan fingerprint density at radius 3 is 2.48 bits per heavy atom. The van der Waals surface area contributed by atoms with Crippen LogP contribution in [0.3, 0.4) is 0 Å². The number of benzene rings is 2. The number of halogens is 2. The zero-order valence-electron chi connectivity index (χ0n) is 15.1. The van der Waals surface area contributed by atoms with E-state index in [1.54, 1.807) is 18.2 Å². The predicted molar refractivity (Wildman–Crippen MR) is 115 cm³/mol. The van der Waals surface area contributed by atoms with Crippen LogP contribution in [0.25, 0.3) is 0 Å². The zero-order valence-corrected chi connectivity index (χ0v) is 17.4. The molecule has 1 amide bonds. The number of amides is 1. The second-order valence-electron chi connectivity index (χ2n) is 6.49. The monoisotopic (exact) mass is 419 g/mol. The van der Waals surface area contributed by atoms with Gasteiger partial charge in [-0.1, -0.05) is 35.3 Å². The lowest BCUT2D eigenvalue weighted by Crippen LogP contribution is -2.45. The largest absolute Gasteiger partial charge is 0.351 e. The molecule has 1 heterocycles. The van der Waals surface area contributed by atoms with E-state index in [1.807, 2.05) is 39.0 Å². The van der Waals surface area contributed by atoms with Crippen molar-refractivity contribution in [3.8, 4) is 0 Å². The highest BCUT2D eigenvalue weighted by Crippen LogP contribution is 2.33. The van der Waals surface area contributed by atoms with Crippen LogP contribution in [0.4, 0.5) is 5.69 Å². The van der Waals surface area contributed by atoms with Crippen molar-refractivity contribution in [2.24, 2.45) is 0 Å². The van der Waals surface area contributed by atoms with E-state index in [0.29, 0.717) is 26.4 Å². The second kappa shape index (κ2) is 7.89. The molecule has 1 aliphatic heterocycles. The quantitative estimate of drug-likeness (QED) is 0.609. The summed E-state index contributed by atoms with van der Waals surface area (Å²) in [5, 5.41) is 10.6. The van der Waals surface area contributed by atoms with E-state index in [4.69, 9.17) is 35.4 Å². The molecule has 27 heavy (non-hydrogen) atoms. The number of thiocarbonyl (C=S) groups is 1. The van der Waals surface area contributed by atoms with Gasteiger partial charge in [-0.25, -0.2) is 0 Å². The number of nitrogens with one attached hydrogen (secondary N) is 3. The van der Waals surface area contributed by atoms with Crippen molar-refractivity contribution in [1.82, 2.24) is 10.6 Å². The molecule has 3 rings (SSSR count). The van der Waals surface area contributed by atoms with E-state index in [0.717, 1.165) is 16.8 Å². The van der Waals surface area contributed by atoms with Crippen molar-refractivity contribution in [3.63, 3.8) is 0 Å². The Labute approximate surface area is 173 Å².